The average Bonchev–Trinajstić information content (AvgIpc) is 2.73. The molecule has 0 spiro atoms. The number of halogens is 1. The second-order valence-corrected chi connectivity index (χ2v) is 7.21. The number of anilines is 1. The van der Waals surface area contributed by atoms with Crippen LogP contribution in [0.4, 0.5) is 5.69 Å². The molecule has 0 saturated carbocycles. The molecule has 3 rings (SSSR count). The van der Waals surface area contributed by atoms with Crippen LogP contribution in [0.15, 0.2) is 60.7 Å². The van der Waals surface area contributed by atoms with Gasteiger partial charge in [0.25, 0.3) is 0 Å². The summed E-state index contributed by atoms with van der Waals surface area (Å²) >= 11 is 6.23. The maximum absolute atomic E-state index is 11.2. The zero-order valence-electron chi connectivity index (χ0n) is 16.9. The Labute approximate surface area is 181 Å². The lowest BCUT2D eigenvalue weighted by Gasteiger charge is -2.17. The minimum atomic E-state index is -1.00. The largest absolute Gasteiger partial charge is 0.490 e. The number of aromatic carboxylic acids is 1. The second-order valence-electron chi connectivity index (χ2n) is 6.81. The van der Waals surface area contributed by atoms with E-state index in [9.17, 15) is 9.90 Å². The highest BCUT2D eigenvalue weighted by Gasteiger charge is 2.13. The number of hydrogen-bond acceptors (Lipinski definition) is 4. The Morgan fingerprint density at radius 1 is 1.07 bits per heavy atom. The van der Waals surface area contributed by atoms with Crippen LogP contribution in [0.5, 0.6) is 11.5 Å². The van der Waals surface area contributed by atoms with Crippen molar-refractivity contribution in [3.05, 3.63) is 87.9 Å². The van der Waals surface area contributed by atoms with Gasteiger partial charge in [-0.1, -0.05) is 53.6 Å². The lowest BCUT2D eigenvalue weighted by Crippen LogP contribution is -2.07. The first-order valence-corrected chi connectivity index (χ1v) is 10.1. The zero-order valence-corrected chi connectivity index (χ0v) is 17.7. The van der Waals surface area contributed by atoms with Gasteiger partial charge in [-0.25, -0.2) is 4.79 Å². The van der Waals surface area contributed by atoms with Gasteiger partial charge >= 0.3 is 5.97 Å². The fourth-order valence-electron chi connectivity index (χ4n) is 2.96. The third kappa shape index (κ3) is 5.45. The van der Waals surface area contributed by atoms with Gasteiger partial charge in [0.15, 0.2) is 11.5 Å². The van der Waals surface area contributed by atoms with Crippen LogP contribution in [0, 0.1) is 6.92 Å². The van der Waals surface area contributed by atoms with Crippen LogP contribution in [0.25, 0.3) is 0 Å². The number of benzene rings is 3. The van der Waals surface area contributed by atoms with Crippen molar-refractivity contribution in [2.75, 3.05) is 11.9 Å². The van der Waals surface area contributed by atoms with Gasteiger partial charge < -0.3 is 19.9 Å². The molecule has 3 aromatic carbocycles. The van der Waals surface area contributed by atoms with Crippen LogP contribution in [-0.2, 0) is 13.2 Å². The lowest BCUT2D eigenvalue weighted by molar-refractivity contribution is 0.0697. The highest BCUT2D eigenvalue weighted by molar-refractivity contribution is 6.33. The molecule has 30 heavy (non-hydrogen) atoms. The number of aryl methyl sites for hydroxylation is 1. The molecule has 0 amide bonds. The molecule has 0 atom stereocenters. The van der Waals surface area contributed by atoms with E-state index in [0.717, 1.165) is 11.1 Å². The van der Waals surface area contributed by atoms with Gasteiger partial charge in [0.2, 0.25) is 0 Å². The topological polar surface area (TPSA) is 67.8 Å². The highest BCUT2D eigenvalue weighted by Crippen LogP contribution is 2.33. The molecule has 0 aliphatic rings. The van der Waals surface area contributed by atoms with E-state index in [1.54, 1.807) is 6.07 Å². The minimum absolute atomic E-state index is 0.167. The third-order valence-corrected chi connectivity index (χ3v) is 4.88. The van der Waals surface area contributed by atoms with E-state index in [4.69, 9.17) is 21.1 Å². The van der Waals surface area contributed by atoms with E-state index in [1.165, 1.54) is 17.7 Å². The smallest absolute Gasteiger partial charge is 0.335 e. The van der Waals surface area contributed by atoms with E-state index < -0.39 is 5.97 Å². The van der Waals surface area contributed by atoms with Crippen molar-refractivity contribution < 1.29 is 19.4 Å². The SMILES string of the molecule is CCOc1cccc(CNc2cc(C(=O)O)ccc2Cl)c1OCc1ccc(C)cc1. The number of para-hydroxylation sites is 1. The molecule has 0 unspecified atom stereocenters. The molecule has 156 valence electrons. The molecule has 5 nitrogen and oxygen atoms in total. The summed E-state index contributed by atoms with van der Waals surface area (Å²) in [6.07, 6.45) is 0. The van der Waals surface area contributed by atoms with E-state index >= 15 is 0 Å². The molecule has 3 aromatic rings. The predicted molar refractivity (Wildman–Crippen MR) is 119 cm³/mol. The standard InChI is InChI=1S/C24H24ClNO4/c1-3-29-22-6-4-5-19(23(22)30-15-17-9-7-16(2)8-10-17)14-26-21-13-18(24(27)28)11-12-20(21)25/h4-13,26H,3,14-15H2,1-2H3,(H,27,28). The Morgan fingerprint density at radius 3 is 2.53 bits per heavy atom. The maximum Gasteiger partial charge on any atom is 0.335 e. The van der Waals surface area contributed by atoms with Crippen molar-refractivity contribution in [2.45, 2.75) is 27.0 Å². The number of carboxylic acid groups (broad SMARTS) is 1. The van der Waals surface area contributed by atoms with Crippen molar-refractivity contribution in [3.63, 3.8) is 0 Å². The summed E-state index contributed by atoms with van der Waals surface area (Å²) in [6, 6.07) is 18.4. The first kappa shape index (κ1) is 21.5. The predicted octanol–water partition coefficient (Wildman–Crippen LogP) is 5.94. The number of carbonyl (C=O) groups is 1. The molecule has 6 heteroatoms. The minimum Gasteiger partial charge on any atom is -0.490 e. The Kier molecular flexibility index (Phi) is 7.20. The highest BCUT2D eigenvalue weighted by atomic mass is 35.5. The molecule has 0 fully saturated rings. The summed E-state index contributed by atoms with van der Waals surface area (Å²) in [5.41, 5.74) is 3.84. The fourth-order valence-corrected chi connectivity index (χ4v) is 3.14. The molecule has 0 heterocycles. The van der Waals surface area contributed by atoms with Crippen LogP contribution in [-0.4, -0.2) is 17.7 Å². The first-order valence-electron chi connectivity index (χ1n) is 9.67. The molecule has 2 N–H and O–H groups in total. The zero-order chi connectivity index (χ0) is 21.5. The van der Waals surface area contributed by atoms with Gasteiger partial charge in [0, 0.05) is 12.1 Å². The molecular weight excluding hydrogens is 402 g/mol. The van der Waals surface area contributed by atoms with Gasteiger partial charge in [-0.05, 0) is 43.7 Å². The third-order valence-electron chi connectivity index (χ3n) is 4.55. The van der Waals surface area contributed by atoms with Crippen molar-refractivity contribution >= 4 is 23.3 Å². The Balaban J connectivity index is 1.81. The second kappa shape index (κ2) is 10.0. The average molecular weight is 426 g/mol. The van der Waals surface area contributed by atoms with Crippen LogP contribution in [0.2, 0.25) is 5.02 Å². The summed E-state index contributed by atoms with van der Waals surface area (Å²) in [7, 11) is 0. The molecule has 0 bridgehead atoms. The Hall–Kier alpha value is -3.18. The van der Waals surface area contributed by atoms with E-state index in [0.29, 0.717) is 42.0 Å². The monoisotopic (exact) mass is 425 g/mol. The van der Waals surface area contributed by atoms with Crippen LogP contribution in [0.1, 0.15) is 34.0 Å². The van der Waals surface area contributed by atoms with Gasteiger partial charge in [-0.2, -0.15) is 0 Å². The van der Waals surface area contributed by atoms with Crippen molar-refractivity contribution in [2.24, 2.45) is 0 Å². The summed E-state index contributed by atoms with van der Waals surface area (Å²) in [5, 5.41) is 12.9. The molecule has 0 saturated heterocycles. The Bertz CT molecular complexity index is 1020. The van der Waals surface area contributed by atoms with Crippen LogP contribution >= 0.6 is 11.6 Å². The van der Waals surface area contributed by atoms with Crippen LogP contribution < -0.4 is 14.8 Å². The number of carboxylic acids is 1. The molecule has 0 aromatic heterocycles. The fraction of sp³-hybridized carbons (Fsp3) is 0.208. The Morgan fingerprint density at radius 2 is 1.83 bits per heavy atom. The molecule has 0 radical (unpaired) electrons. The number of ether oxygens (including phenoxy) is 2. The number of hydrogen-bond donors (Lipinski definition) is 2. The summed E-state index contributed by atoms with van der Waals surface area (Å²) < 4.78 is 11.9. The van der Waals surface area contributed by atoms with Crippen molar-refractivity contribution in [1.29, 1.82) is 0 Å². The van der Waals surface area contributed by atoms with Gasteiger partial charge in [0.05, 0.1) is 22.9 Å². The number of nitrogens with one attached hydrogen (secondary N) is 1. The van der Waals surface area contributed by atoms with Gasteiger partial charge in [-0.3, -0.25) is 0 Å². The molecule has 0 aliphatic carbocycles. The van der Waals surface area contributed by atoms with Crippen LogP contribution in [0.3, 0.4) is 0 Å². The molecular formula is C24H24ClNO4. The van der Waals surface area contributed by atoms with E-state index in [2.05, 4.69) is 5.32 Å². The summed E-state index contributed by atoms with van der Waals surface area (Å²) in [6.45, 7) is 5.29. The maximum atomic E-state index is 11.2. The van der Waals surface area contributed by atoms with Crippen molar-refractivity contribution in [3.8, 4) is 11.5 Å². The quantitative estimate of drug-likeness (QED) is 0.444. The summed E-state index contributed by atoms with van der Waals surface area (Å²) in [5.74, 6) is 0.308. The van der Waals surface area contributed by atoms with Gasteiger partial charge in [0.1, 0.15) is 6.61 Å². The molecule has 0 aliphatic heterocycles. The summed E-state index contributed by atoms with van der Waals surface area (Å²) in [4.78, 5) is 11.2. The lowest BCUT2D eigenvalue weighted by atomic mass is 10.1. The number of rotatable bonds is 9. The van der Waals surface area contributed by atoms with Crippen molar-refractivity contribution in [1.82, 2.24) is 0 Å². The van der Waals surface area contributed by atoms with Gasteiger partial charge in [-0.15, -0.1) is 0 Å². The first-order chi connectivity index (χ1) is 14.5. The van der Waals surface area contributed by atoms with E-state index in [1.807, 2.05) is 56.3 Å². The van der Waals surface area contributed by atoms with E-state index in [-0.39, 0.29) is 5.56 Å². The normalized spacial score (nSPS) is 10.5.